The lowest BCUT2D eigenvalue weighted by atomic mass is 10.2. The summed E-state index contributed by atoms with van der Waals surface area (Å²) in [6.45, 7) is 0. The minimum absolute atomic E-state index is 0.472. The SMILES string of the molecule is COc1ccc(Nc2nc(Nc3ccc(C#N)cc3)nc3ccccc23)cc1. The van der Waals surface area contributed by atoms with E-state index in [1.807, 2.05) is 60.7 Å². The van der Waals surface area contributed by atoms with Crippen molar-refractivity contribution >= 4 is 34.0 Å². The van der Waals surface area contributed by atoms with Crippen molar-refractivity contribution in [3.63, 3.8) is 0 Å². The number of ether oxygens (including phenoxy) is 1. The Hall–Kier alpha value is -4.11. The zero-order chi connectivity index (χ0) is 19.3. The molecule has 0 spiro atoms. The average Bonchev–Trinajstić information content (AvgIpc) is 2.75. The van der Waals surface area contributed by atoms with E-state index in [-0.39, 0.29) is 0 Å². The largest absolute Gasteiger partial charge is 0.497 e. The van der Waals surface area contributed by atoms with Crippen molar-refractivity contribution in [2.45, 2.75) is 0 Å². The van der Waals surface area contributed by atoms with Crippen LogP contribution in [-0.2, 0) is 0 Å². The lowest BCUT2D eigenvalue weighted by molar-refractivity contribution is 0.415. The number of rotatable bonds is 5. The molecule has 3 aromatic carbocycles. The van der Waals surface area contributed by atoms with Crippen LogP contribution in [0.2, 0.25) is 0 Å². The molecule has 0 aliphatic rings. The van der Waals surface area contributed by atoms with Gasteiger partial charge in [-0.3, -0.25) is 0 Å². The van der Waals surface area contributed by atoms with E-state index >= 15 is 0 Å². The number of nitrogens with one attached hydrogen (secondary N) is 2. The van der Waals surface area contributed by atoms with E-state index in [1.54, 1.807) is 19.2 Å². The first-order chi connectivity index (χ1) is 13.7. The van der Waals surface area contributed by atoms with Crippen LogP contribution in [0.4, 0.5) is 23.1 Å². The van der Waals surface area contributed by atoms with E-state index in [2.05, 4.69) is 26.7 Å². The fourth-order valence-corrected chi connectivity index (χ4v) is 2.80. The standard InChI is InChI=1S/C22H17N5O/c1-28-18-12-10-16(11-13-18)24-21-19-4-2-3-5-20(19)26-22(27-21)25-17-8-6-15(14-23)7-9-17/h2-13H,1H3,(H2,24,25,26,27). The number of anilines is 4. The highest BCUT2D eigenvalue weighted by Gasteiger charge is 2.08. The first kappa shape index (κ1) is 17.3. The normalized spacial score (nSPS) is 10.3. The van der Waals surface area contributed by atoms with Gasteiger partial charge in [0.15, 0.2) is 0 Å². The van der Waals surface area contributed by atoms with Crippen LogP contribution in [0.3, 0.4) is 0 Å². The number of hydrogen-bond acceptors (Lipinski definition) is 6. The monoisotopic (exact) mass is 367 g/mol. The number of hydrogen-bond donors (Lipinski definition) is 2. The number of fused-ring (bicyclic) bond motifs is 1. The van der Waals surface area contributed by atoms with E-state index in [9.17, 15) is 0 Å². The molecule has 0 radical (unpaired) electrons. The van der Waals surface area contributed by atoms with Gasteiger partial charge in [-0.15, -0.1) is 0 Å². The molecule has 2 N–H and O–H groups in total. The van der Waals surface area contributed by atoms with E-state index in [0.29, 0.717) is 17.3 Å². The van der Waals surface area contributed by atoms with Gasteiger partial charge in [0.1, 0.15) is 11.6 Å². The molecule has 0 saturated heterocycles. The van der Waals surface area contributed by atoms with Crippen LogP contribution in [0.1, 0.15) is 5.56 Å². The maximum atomic E-state index is 8.93. The van der Waals surface area contributed by atoms with Crippen LogP contribution in [0.5, 0.6) is 5.75 Å². The summed E-state index contributed by atoms with van der Waals surface area (Å²) in [5, 5.41) is 16.4. The lowest BCUT2D eigenvalue weighted by Gasteiger charge is -2.12. The molecule has 0 unspecified atom stereocenters. The predicted molar refractivity (Wildman–Crippen MR) is 110 cm³/mol. The van der Waals surface area contributed by atoms with Crippen molar-refractivity contribution in [2.24, 2.45) is 0 Å². The van der Waals surface area contributed by atoms with E-state index in [4.69, 9.17) is 10.00 Å². The van der Waals surface area contributed by atoms with Crippen LogP contribution in [0.25, 0.3) is 10.9 Å². The van der Waals surface area contributed by atoms with E-state index in [0.717, 1.165) is 28.0 Å². The molecule has 1 aromatic heterocycles. The van der Waals surface area contributed by atoms with Crippen LogP contribution in [0, 0.1) is 11.3 Å². The van der Waals surface area contributed by atoms with Crippen LogP contribution < -0.4 is 15.4 Å². The predicted octanol–water partition coefficient (Wildman–Crippen LogP) is 5.00. The third-order valence-electron chi connectivity index (χ3n) is 4.23. The molecule has 136 valence electrons. The van der Waals surface area contributed by atoms with Gasteiger partial charge in [-0.2, -0.15) is 10.2 Å². The molecule has 0 aliphatic carbocycles. The summed E-state index contributed by atoms with van der Waals surface area (Å²) in [5.41, 5.74) is 3.13. The number of para-hydroxylation sites is 1. The molecule has 6 nitrogen and oxygen atoms in total. The van der Waals surface area contributed by atoms with E-state index < -0.39 is 0 Å². The van der Waals surface area contributed by atoms with Crippen molar-refractivity contribution in [3.05, 3.63) is 78.4 Å². The Morgan fingerprint density at radius 3 is 2.21 bits per heavy atom. The lowest BCUT2D eigenvalue weighted by Crippen LogP contribution is -2.02. The number of benzene rings is 3. The molecule has 0 atom stereocenters. The summed E-state index contributed by atoms with van der Waals surface area (Å²) in [4.78, 5) is 9.24. The number of aromatic nitrogens is 2. The third-order valence-corrected chi connectivity index (χ3v) is 4.23. The smallest absolute Gasteiger partial charge is 0.229 e. The first-order valence-corrected chi connectivity index (χ1v) is 8.70. The Balaban J connectivity index is 1.68. The Bertz CT molecular complexity index is 1150. The summed E-state index contributed by atoms with van der Waals surface area (Å²) in [7, 11) is 1.64. The van der Waals surface area contributed by atoms with Crippen molar-refractivity contribution in [1.82, 2.24) is 9.97 Å². The maximum absolute atomic E-state index is 8.93. The summed E-state index contributed by atoms with van der Waals surface area (Å²) in [6, 6.07) is 24.7. The molecule has 1 heterocycles. The fourth-order valence-electron chi connectivity index (χ4n) is 2.80. The molecule has 4 rings (SSSR count). The molecule has 0 amide bonds. The second kappa shape index (κ2) is 7.64. The molecule has 0 aliphatic heterocycles. The van der Waals surface area contributed by atoms with Gasteiger partial charge in [-0.05, 0) is 60.7 Å². The molecule has 4 aromatic rings. The second-order valence-corrected chi connectivity index (χ2v) is 6.08. The van der Waals surface area contributed by atoms with Gasteiger partial charge in [0, 0.05) is 16.8 Å². The fraction of sp³-hybridized carbons (Fsp3) is 0.0455. The van der Waals surface area contributed by atoms with Crippen LogP contribution in [-0.4, -0.2) is 17.1 Å². The molecule has 28 heavy (non-hydrogen) atoms. The Morgan fingerprint density at radius 1 is 0.821 bits per heavy atom. The minimum atomic E-state index is 0.472. The van der Waals surface area contributed by atoms with Crippen molar-refractivity contribution < 1.29 is 4.74 Å². The van der Waals surface area contributed by atoms with Crippen molar-refractivity contribution in [2.75, 3.05) is 17.7 Å². The average molecular weight is 367 g/mol. The molecular weight excluding hydrogens is 350 g/mol. The highest BCUT2D eigenvalue weighted by atomic mass is 16.5. The molecule has 0 fully saturated rings. The molecule has 6 heteroatoms. The third kappa shape index (κ3) is 3.69. The zero-order valence-electron chi connectivity index (χ0n) is 15.2. The van der Waals surface area contributed by atoms with Crippen LogP contribution in [0.15, 0.2) is 72.8 Å². The topological polar surface area (TPSA) is 82.9 Å². The van der Waals surface area contributed by atoms with Gasteiger partial charge in [0.2, 0.25) is 5.95 Å². The molecular formula is C22H17N5O. The highest BCUT2D eigenvalue weighted by Crippen LogP contribution is 2.27. The van der Waals surface area contributed by atoms with Gasteiger partial charge in [0.05, 0.1) is 24.3 Å². The Kier molecular flexibility index (Phi) is 4.72. The van der Waals surface area contributed by atoms with Crippen molar-refractivity contribution in [1.29, 1.82) is 5.26 Å². The van der Waals surface area contributed by atoms with E-state index in [1.165, 1.54) is 0 Å². The summed E-state index contributed by atoms with van der Waals surface area (Å²) >= 11 is 0. The minimum Gasteiger partial charge on any atom is -0.497 e. The molecule has 0 saturated carbocycles. The zero-order valence-corrected chi connectivity index (χ0v) is 15.2. The quantitative estimate of drug-likeness (QED) is 0.517. The van der Waals surface area contributed by atoms with Gasteiger partial charge in [0.25, 0.3) is 0 Å². The number of nitriles is 1. The summed E-state index contributed by atoms with van der Waals surface area (Å²) in [5.74, 6) is 1.97. The maximum Gasteiger partial charge on any atom is 0.229 e. The van der Waals surface area contributed by atoms with Crippen molar-refractivity contribution in [3.8, 4) is 11.8 Å². The number of nitrogens with zero attached hydrogens (tertiary/aromatic N) is 3. The second-order valence-electron chi connectivity index (χ2n) is 6.08. The Labute approximate surface area is 162 Å². The summed E-state index contributed by atoms with van der Waals surface area (Å²) < 4.78 is 5.21. The van der Waals surface area contributed by atoms with Crippen LogP contribution >= 0.6 is 0 Å². The van der Waals surface area contributed by atoms with Gasteiger partial charge >= 0.3 is 0 Å². The summed E-state index contributed by atoms with van der Waals surface area (Å²) in [6.07, 6.45) is 0. The van der Waals surface area contributed by atoms with Gasteiger partial charge in [-0.25, -0.2) is 4.98 Å². The van der Waals surface area contributed by atoms with Gasteiger partial charge < -0.3 is 15.4 Å². The number of methoxy groups -OCH3 is 1. The Morgan fingerprint density at radius 2 is 1.50 bits per heavy atom. The molecule has 0 bridgehead atoms. The highest BCUT2D eigenvalue weighted by molar-refractivity contribution is 5.92. The first-order valence-electron chi connectivity index (χ1n) is 8.70. The van der Waals surface area contributed by atoms with Gasteiger partial charge in [-0.1, -0.05) is 12.1 Å².